The van der Waals surface area contributed by atoms with Crippen molar-refractivity contribution >= 4 is 48.0 Å². The molecule has 0 amide bonds. The summed E-state index contributed by atoms with van der Waals surface area (Å²) >= 11 is 6.23. The SMILES string of the molecule is CC(C)OC(=O)[C@H](C)NP(=O)(OC[C@H]1O[C@@H](n2cnc3c(Nc4ccc(F)cc4)nc(Cl)nc32)C(F)C1(C)CC#N)Oc1ccccc1. The summed E-state index contributed by atoms with van der Waals surface area (Å²) in [5.41, 5.74) is -0.649. The summed E-state index contributed by atoms with van der Waals surface area (Å²) in [4.78, 5) is 25.3. The number of anilines is 2. The number of carbonyl (C=O) groups excluding carboxylic acids is 1. The van der Waals surface area contributed by atoms with Crippen molar-refractivity contribution in [1.82, 2.24) is 24.6 Å². The predicted molar refractivity (Wildman–Crippen MR) is 172 cm³/mol. The zero-order valence-electron chi connectivity index (χ0n) is 26.3. The highest BCUT2D eigenvalue weighted by atomic mass is 35.5. The molecule has 2 aromatic carbocycles. The Labute approximate surface area is 280 Å². The van der Waals surface area contributed by atoms with Crippen LogP contribution >= 0.6 is 19.3 Å². The van der Waals surface area contributed by atoms with E-state index in [4.69, 9.17) is 30.1 Å². The average Bonchev–Trinajstić information content (AvgIpc) is 3.55. The van der Waals surface area contributed by atoms with E-state index in [1.807, 2.05) is 6.07 Å². The highest BCUT2D eigenvalue weighted by Crippen LogP contribution is 2.51. The van der Waals surface area contributed by atoms with Gasteiger partial charge >= 0.3 is 13.7 Å². The first-order chi connectivity index (χ1) is 22.8. The molecule has 1 aliphatic rings. The second-order valence-corrected chi connectivity index (χ2v) is 13.6. The van der Waals surface area contributed by atoms with Crippen LogP contribution in [0.1, 0.15) is 40.3 Å². The third kappa shape index (κ3) is 7.75. The standard InChI is InChI=1S/C31H33ClF2N7O6P/c1-18(2)45-29(42)19(3)40-48(43,47-22-8-6-5-7-9-22)44-16-23-31(4,14-15-35)25(34)28(46-23)41-17-36-24-26(38-30(32)39-27(24)41)37-21-12-10-20(33)11-13-21/h5-13,17-19,23,25,28H,14,16H2,1-4H3,(H,40,43)(H,37,38,39)/t19-,23+,25?,28+,31?,48?/m0/s1. The van der Waals surface area contributed by atoms with E-state index in [1.165, 1.54) is 49.0 Å². The largest absolute Gasteiger partial charge is 0.462 e. The molecule has 5 rings (SSSR count). The third-order valence-electron chi connectivity index (χ3n) is 7.58. The van der Waals surface area contributed by atoms with Crippen molar-refractivity contribution < 1.29 is 36.7 Å². The van der Waals surface area contributed by atoms with Gasteiger partial charge in [0.05, 0.1) is 31.2 Å². The Bertz CT molecular complexity index is 1840. The molecule has 0 saturated carbocycles. The minimum Gasteiger partial charge on any atom is -0.462 e. The molecule has 1 saturated heterocycles. The van der Waals surface area contributed by atoms with E-state index in [-0.39, 0.29) is 34.4 Å². The number of halogens is 3. The van der Waals surface area contributed by atoms with Gasteiger partial charge in [0, 0.05) is 17.5 Å². The molecule has 0 bridgehead atoms. The minimum absolute atomic E-state index is 0.116. The maximum Gasteiger partial charge on any atom is 0.459 e. The van der Waals surface area contributed by atoms with Gasteiger partial charge in [0.15, 0.2) is 29.4 Å². The van der Waals surface area contributed by atoms with Crippen molar-refractivity contribution in [2.24, 2.45) is 5.41 Å². The first-order valence-electron chi connectivity index (χ1n) is 14.9. The number of hydrogen-bond donors (Lipinski definition) is 2. The van der Waals surface area contributed by atoms with E-state index in [1.54, 1.807) is 44.2 Å². The van der Waals surface area contributed by atoms with Gasteiger partial charge in [-0.15, -0.1) is 0 Å². The predicted octanol–water partition coefficient (Wildman–Crippen LogP) is 6.65. The molecular formula is C31H33ClF2N7O6P. The molecular weight excluding hydrogens is 671 g/mol. The zero-order chi connectivity index (χ0) is 34.6. The van der Waals surface area contributed by atoms with Crippen molar-refractivity contribution in [3.8, 4) is 11.8 Å². The summed E-state index contributed by atoms with van der Waals surface area (Å²) in [5.74, 6) is -0.762. The topological polar surface area (TPSA) is 163 Å². The van der Waals surface area contributed by atoms with Crippen LogP contribution in [0.25, 0.3) is 11.2 Å². The monoisotopic (exact) mass is 703 g/mol. The first kappa shape index (κ1) is 35.1. The van der Waals surface area contributed by atoms with Crippen LogP contribution in [0.3, 0.4) is 0 Å². The Morgan fingerprint density at radius 3 is 2.56 bits per heavy atom. The van der Waals surface area contributed by atoms with Crippen molar-refractivity contribution in [3.63, 3.8) is 0 Å². The zero-order valence-corrected chi connectivity index (χ0v) is 28.0. The van der Waals surface area contributed by atoms with Crippen LogP contribution in [-0.2, 0) is 23.4 Å². The van der Waals surface area contributed by atoms with Crippen LogP contribution in [0.5, 0.6) is 5.75 Å². The number of alkyl halides is 1. The quantitative estimate of drug-likeness (QED) is 0.0867. The smallest absolute Gasteiger partial charge is 0.459 e. The number of carbonyl (C=O) groups is 1. The van der Waals surface area contributed by atoms with Gasteiger partial charge in [-0.2, -0.15) is 20.3 Å². The lowest BCUT2D eigenvalue weighted by Gasteiger charge is -2.30. The number of para-hydroxylation sites is 1. The van der Waals surface area contributed by atoms with Crippen molar-refractivity contribution in [2.45, 2.75) is 64.8 Å². The number of benzene rings is 2. The Morgan fingerprint density at radius 2 is 1.90 bits per heavy atom. The Hall–Kier alpha value is -4.19. The molecule has 4 aromatic rings. The minimum atomic E-state index is -4.34. The number of rotatable bonds is 13. The van der Waals surface area contributed by atoms with E-state index in [2.05, 4.69) is 25.4 Å². The molecule has 17 heteroatoms. The second kappa shape index (κ2) is 14.5. The van der Waals surface area contributed by atoms with Crippen molar-refractivity contribution in [2.75, 3.05) is 11.9 Å². The number of esters is 1. The molecule has 3 unspecified atom stereocenters. The third-order valence-corrected chi connectivity index (χ3v) is 9.39. The maximum atomic E-state index is 16.5. The summed E-state index contributed by atoms with van der Waals surface area (Å²) in [6.45, 7) is 5.79. The molecule has 0 spiro atoms. The Kier molecular flexibility index (Phi) is 10.6. The van der Waals surface area contributed by atoms with Crippen LogP contribution < -0.4 is 14.9 Å². The van der Waals surface area contributed by atoms with Crippen molar-refractivity contribution in [3.05, 3.63) is 72.0 Å². The lowest BCUT2D eigenvalue weighted by Crippen LogP contribution is -2.39. The van der Waals surface area contributed by atoms with E-state index < -0.39 is 62.2 Å². The van der Waals surface area contributed by atoms with E-state index in [0.717, 1.165) is 0 Å². The number of fused-ring (bicyclic) bond motifs is 1. The highest BCUT2D eigenvalue weighted by Gasteiger charge is 2.56. The molecule has 0 radical (unpaired) electrons. The normalized spacial score (nSPS) is 22.6. The maximum absolute atomic E-state index is 16.5. The van der Waals surface area contributed by atoms with Gasteiger partial charge in [-0.3, -0.25) is 13.9 Å². The average molecular weight is 704 g/mol. The van der Waals surface area contributed by atoms with Crippen LogP contribution in [-0.4, -0.2) is 56.5 Å². The van der Waals surface area contributed by atoms with Gasteiger partial charge < -0.3 is 19.3 Å². The lowest BCUT2D eigenvalue weighted by atomic mass is 9.79. The molecule has 0 aliphatic carbocycles. The van der Waals surface area contributed by atoms with Gasteiger partial charge in [0.1, 0.15) is 17.6 Å². The fourth-order valence-electron chi connectivity index (χ4n) is 5.05. The van der Waals surface area contributed by atoms with Gasteiger partial charge in [-0.25, -0.2) is 18.3 Å². The fourth-order valence-corrected chi connectivity index (χ4v) is 6.70. The molecule has 48 heavy (non-hydrogen) atoms. The molecule has 2 N–H and O–H groups in total. The Balaban J connectivity index is 1.42. The van der Waals surface area contributed by atoms with Crippen LogP contribution in [0.15, 0.2) is 60.9 Å². The molecule has 13 nitrogen and oxygen atoms in total. The van der Waals surface area contributed by atoms with Crippen molar-refractivity contribution in [1.29, 1.82) is 5.26 Å². The van der Waals surface area contributed by atoms with E-state index in [0.29, 0.717) is 5.69 Å². The molecule has 3 heterocycles. The number of hydrogen-bond acceptors (Lipinski definition) is 11. The van der Waals surface area contributed by atoms with E-state index in [9.17, 15) is 19.0 Å². The van der Waals surface area contributed by atoms with Crippen LogP contribution in [0.4, 0.5) is 20.3 Å². The molecule has 254 valence electrons. The van der Waals surface area contributed by atoms with Gasteiger partial charge in [0.2, 0.25) is 5.28 Å². The molecule has 1 aliphatic heterocycles. The first-order valence-corrected chi connectivity index (χ1v) is 16.8. The van der Waals surface area contributed by atoms with Gasteiger partial charge in [0.25, 0.3) is 0 Å². The fraction of sp³-hybridized carbons (Fsp3) is 0.387. The number of nitriles is 1. The summed E-state index contributed by atoms with van der Waals surface area (Å²) in [5, 5.41) is 15.1. The summed E-state index contributed by atoms with van der Waals surface area (Å²) in [6, 6.07) is 14.5. The summed E-state index contributed by atoms with van der Waals surface area (Å²) in [7, 11) is -4.34. The molecule has 6 atom stereocenters. The molecule has 2 aromatic heterocycles. The number of aromatic nitrogens is 4. The summed E-state index contributed by atoms with van der Waals surface area (Å²) in [6.07, 6.45) is -3.75. The number of nitrogens with zero attached hydrogens (tertiary/aromatic N) is 5. The number of imidazole rings is 1. The molecule has 1 fully saturated rings. The van der Waals surface area contributed by atoms with Gasteiger partial charge in [-0.05, 0) is 68.8 Å². The number of nitrogens with one attached hydrogen (secondary N) is 2. The van der Waals surface area contributed by atoms with Gasteiger partial charge in [-0.1, -0.05) is 25.1 Å². The van der Waals surface area contributed by atoms with E-state index >= 15 is 4.39 Å². The van der Waals surface area contributed by atoms with Crippen LogP contribution in [0, 0.1) is 22.6 Å². The highest BCUT2D eigenvalue weighted by molar-refractivity contribution is 7.52. The van der Waals surface area contributed by atoms with Crippen LogP contribution in [0.2, 0.25) is 5.28 Å². The Morgan fingerprint density at radius 1 is 1.19 bits per heavy atom. The number of ether oxygens (including phenoxy) is 2. The second-order valence-electron chi connectivity index (χ2n) is 11.6. The lowest BCUT2D eigenvalue weighted by molar-refractivity contribution is -0.149. The summed E-state index contributed by atoms with van der Waals surface area (Å²) < 4.78 is 68.2.